The molecule has 1 rings (SSSR count). The summed E-state index contributed by atoms with van der Waals surface area (Å²) in [6.07, 6.45) is 2.13. The van der Waals surface area contributed by atoms with E-state index in [9.17, 15) is 4.79 Å². The van der Waals surface area contributed by atoms with Gasteiger partial charge in [-0.25, -0.2) is 0 Å². The third-order valence-corrected chi connectivity index (χ3v) is 1.64. The van der Waals surface area contributed by atoms with Gasteiger partial charge in [0.15, 0.2) is 0 Å². The Labute approximate surface area is 77.8 Å². The van der Waals surface area contributed by atoms with Gasteiger partial charge in [0.1, 0.15) is 5.75 Å². The van der Waals surface area contributed by atoms with Crippen LogP contribution in [0.25, 0.3) is 6.08 Å². The fourth-order valence-corrected chi connectivity index (χ4v) is 0.876. The maximum Gasteiger partial charge on any atom is 0.310 e. The van der Waals surface area contributed by atoms with Gasteiger partial charge in [0.2, 0.25) is 0 Å². The summed E-state index contributed by atoms with van der Waals surface area (Å²) in [6.45, 7) is 5.39. The highest BCUT2D eigenvalue weighted by atomic mass is 16.5. The first kappa shape index (κ1) is 9.52. The van der Waals surface area contributed by atoms with E-state index >= 15 is 0 Å². The van der Waals surface area contributed by atoms with E-state index in [4.69, 9.17) is 4.74 Å². The second-order valence-electron chi connectivity index (χ2n) is 2.60. The first-order valence-electron chi connectivity index (χ1n) is 4.19. The Balaban J connectivity index is 2.69. The average molecular weight is 176 g/mol. The number of carbonyl (C=O) groups excluding carboxylic acids is 1. The molecule has 0 amide bonds. The Morgan fingerprint density at radius 1 is 1.46 bits per heavy atom. The van der Waals surface area contributed by atoms with Gasteiger partial charge in [-0.05, 0) is 17.7 Å². The molecular formula is C11H12O2. The number of carbonyl (C=O) groups is 1. The van der Waals surface area contributed by atoms with E-state index in [1.165, 1.54) is 0 Å². The van der Waals surface area contributed by atoms with E-state index in [2.05, 4.69) is 6.58 Å². The molecule has 0 radical (unpaired) electrons. The molecule has 0 N–H and O–H groups in total. The van der Waals surface area contributed by atoms with Crippen molar-refractivity contribution in [3.05, 3.63) is 36.4 Å². The Bertz CT molecular complexity index is 298. The van der Waals surface area contributed by atoms with Crippen LogP contribution < -0.4 is 4.74 Å². The van der Waals surface area contributed by atoms with Crippen LogP contribution in [-0.4, -0.2) is 5.97 Å². The molecule has 0 unspecified atom stereocenters. The van der Waals surface area contributed by atoms with Gasteiger partial charge in [0.05, 0.1) is 0 Å². The Morgan fingerprint density at radius 2 is 2.08 bits per heavy atom. The lowest BCUT2D eigenvalue weighted by Gasteiger charge is -2.01. The van der Waals surface area contributed by atoms with Crippen LogP contribution in [0.1, 0.15) is 18.9 Å². The molecule has 2 nitrogen and oxygen atoms in total. The van der Waals surface area contributed by atoms with E-state index in [1.807, 2.05) is 12.1 Å². The van der Waals surface area contributed by atoms with Gasteiger partial charge in [-0.2, -0.15) is 0 Å². The summed E-state index contributed by atoms with van der Waals surface area (Å²) in [7, 11) is 0. The smallest absolute Gasteiger partial charge is 0.310 e. The first-order chi connectivity index (χ1) is 6.26. The van der Waals surface area contributed by atoms with Gasteiger partial charge in [-0.3, -0.25) is 4.79 Å². The van der Waals surface area contributed by atoms with Gasteiger partial charge < -0.3 is 4.74 Å². The van der Waals surface area contributed by atoms with Gasteiger partial charge in [-0.1, -0.05) is 31.7 Å². The molecule has 2 heteroatoms. The average Bonchev–Trinajstić information content (AvgIpc) is 2.19. The third kappa shape index (κ3) is 2.75. The van der Waals surface area contributed by atoms with E-state index in [0.717, 1.165) is 5.56 Å². The van der Waals surface area contributed by atoms with Crippen LogP contribution in [-0.2, 0) is 4.79 Å². The lowest BCUT2D eigenvalue weighted by atomic mass is 10.2. The highest BCUT2D eigenvalue weighted by Gasteiger charge is 1.99. The number of ether oxygens (including phenoxy) is 1. The molecule has 0 bridgehead atoms. The molecule has 68 valence electrons. The van der Waals surface area contributed by atoms with Crippen LogP contribution in [0.2, 0.25) is 0 Å². The number of hydrogen-bond acceptors (Lipinski definition) is 2. The molecule has 0 spiro atoms. The predicted octanol–water partition coefficient (Wildman–Crippen LogP) is 2.65. The SMILES string of the molecule is C=Cc1ccc(OC(=O)CC)cc1. The summed E-state index contributed by atoms with van der Waals surface area (Å²) in [5.41, 5.74) is 1.01. The normalized spacial score (nSPS) is 9.31. The van der Waals surface area contributed by atoms with Gasteiger partial charge in [-0.15, -0.1) is 0 Å². The minimum absolute atomic E-state index is 0.216. The van der Waals surface area contributed by atoms with E-state index in [-0.39, 0.29) is 5.97 Å². The number of hydrogen-bond donors (Lipinski definition) is 0. The minimum atomic E-state index is -0.216. The molecule has 0 aliphatic carbocycles. The van der Waals surface area contributed by atoms with Crippen LogP contribution in [0, 0.1) is 0 Å². The fraction of sp³-hybridized carbons (Fsp3) is 0.182. The monoisotopic (exact) mass is 176 g/mol. The standard InChI is InChI=1S/C11H12O2/c1-3-9-5-7-10(8-6-9)13-11(12)4-2/h3,5-8H,1,4H2,2H3. The van der Waals surface area contributed by atoms with Crippen molar-refractivity contribution in [3.8, 4) is 5.75 Å². The maximum atomic E-state index is 10.9. The molecule has 0 aliphatic heterocycles. The molecule has 0 aromatic heterocycles. The van der Waals surface area contributed by atoms with Gasteiger partial charge in [0.25, 0.3) is 0 Å². The highest BCUT2D eigenvalue weighted by Crippen LogP contribution is 2.13. The van der Waals surface area contributed by atoms with Crippen LogP contribution >= 0.6 is 0 Å². The van der Waals surface area contributed by atoms with Crippen LogP contribution in [0.5, 0.6) is 5.75 Å². The lowest BCUT2D eigenvalue weighted by molar-refractivity contribution is -0.134. The predicted molar refractivity (Wildman–Crippen MR) is 52.5 cm³/mol. The van der Waals surface area contributed by atoms with E-state index in [1.54, 1.807) is 25.1 Å². The number of rotatable bonds is 3. The van der Waals surface area contributed by atoms with Crippen LogP contribution in [0.15, 0.2) is 30.8 Å². The van der Waals surface area contributed by atoms with Crippen LogP contribution in [0.4, 0.5) is 0 Å². The summed E-state index contributed by atoms with van der Waals surface area (Å²) in [5, 5.41) is 0. The zero-order valence-electron chi connectivity index (χ0n) is 7.62. The first-order valence-corrected chi connectivity index (χ1v) is 4.19. The molecule has 0 aliphatic rings. The fourth-order valence-electron chi connectivity index (χ4n) is 0.876. The molecule has 0 fully saturated rings. The Morgan fingerprint density at radius 3 is 2.54 bits per heavy atom. The number of esters is 1. The summed E-state index contributed by atoms with van der Waals surface area (Å²) in [4.78, 5) is 10.9. The van der Waals surface area contributed by atoms with Crippen LogP contribution in [0.3, 0.4) is 0 Å². The Kier molecular flexibility index (Phi) is 3.26. The van der Waals surface area contributed by atoms with E-state index in [0.29, 0.717) is 12.2 Å². The number of benzene rings is 1. The second kappa shape index (κ2) is 4.45. The molecular weight excluding hydrogens is 164 g/mol. The molecule has 0 saturated heterocycles. The largest absolute Gasteiger partial charge is 0.427 e. The lowest BCUT2D eigenvalue weighted by Crippen LogP contribution is -2.05. The van der Waals surface area contributed by atoms with Gasteiger partial charge in [0, 0.05) is 6.42 Å². The molecule has 0 atom stereocenters. The van der Waals surface area contributed by atoms with Gasteiger partial charge >= 0.3 is 5.97 Å². The van der Waals surface area contributed by atoms with E-state index < -0.39 is 0 Å². The highest BCUT2D eigenvalue weighted by molar-refractivity contribution is 5.72. The summed E-state index contributed by atoms with van der Waals surface area (Å²) in [6, 6.07) is 7.21. The van der Waals surface area contributed by atoms with Crippen molar-refractivity contribution in [1.82, 2.24) is 0 Å². The van der Waals surface area contributed by atoms with Crippen molar-refractivity contribution in [2.24, 2.45) is 0 Å². The van der Waals surface area contributed by atoms with Crippen molar-refractivity contribution < 1.29 is 9.53 Å². The van der Waals surface area contributed by atoms with Crippen molar-refractivity contribution in [2.75, 3.05) is 0 Å². The maximum absolute atomic E-state index is 10.9. The molecule has 13 heavy (non-hydrogen) atoms. The molecule has 1 aromatic rings. The molecule has 0 heterocycles. The van der Waals surface area contributed by atoms with Crippen molar-refractivity contribution >= 4 is 12.0 Å². The van der Waals surface area contributed by atoms with Crippen molar-refractivity contribution in [1.29, 1.82) is 0 Å². The molecule has 0 saturated carbocycles. The summed E-state index contributed by atoms with van der Waals surface area (Å²) < 4.78 is 4.99. The second-order valence-corrected chi connectivity index (χ2v) is 2.60. The zero-order valence-corrected chi connectivity index (χ0v) is 7.62. The minimum Gasteiger partial charge on any atom is -0.427 e. The van der Waals surface area contributed by atoms with Crippen molar-refractivity contribution in [3.63, 3.8) is 0 Å². The Hall–Kier alpha value is -1.57. The quantitative estimate of drug-likeness (QED) is 0.522. The zero-order chi connectivity index (χ0) is 9.68. The molecule has 1 aromatic carbocycles. The summed E-state index contributed by atoms with van der Waals surface area (Å²) in [5.74, 6) is 0.365. The third-order valence-electron chi connectivity index (χ3n) is 1.64. The topological polar surface area (TPSA) is 26.3 Å². The van der Waals surface area contributed by atoms with Crippen molar-refractivity contribution in [2.45, 2.75) is 13.3 Å². The summed E-state index contributed by atoms with van der Waals surface area (Å²) >= 11 is 0.